The topological polar surface area (TPSA) is 63.7 Å². The van der Waals surface area contributed by atoms with E-state index in [4.69, 9.17) is 16.3 Å². The van der Waals surface area contributed by atoms with Crippen molar-refractivity contribution in [3.05, 3.63) is 29.3 Å². The van der Waals surface area contributed by atoms with Crippen molar-refractivity contribution in [3.8, 4) is 0 Å². The second-order valence-electron chi connectivity index (χ2n) is 4.35. The highest BCUT2D eigenvalue weighted by molar-refractivity contribution is 7.92. The number of benzene rings is 1. The van der Waals surface area contributed by atoms with E-state index in [0.717, 1.165) is 0 Å². The van der Waals surface area contributed by atoms with Gasteiger partial charge in [0, 0.05) is 25.2 Å². The number of hydrogen-bond acceptors (Lipinski definition) is 4. The molecule has 0 spiro atoms. The van der Waals surface area contributed by atoms with Crippen LogP contribution in [0.2, 0.25) is 5.02 Å². The number of hydrogen-bond donors (Lipinski definition) is 0. The molecule has 5 nitrogen and oxygen atoms in total. The van der Waals surface area contributed by atoms with E-state index >= 15 is 0 Å². The fourth-order valence-electron chi connectivity index (χ4n) is 1.87. The minimum atomic E-state index is -3.39. The number of carbonyl (C=O) groups is 1. The van der Waals surface area contributed by atoms with Gasteiger partial charge in [-0.25, -0.2) is 8.42 Å². The maximum absolute atomic E-state index is 12.2. The zero-order valence-corrected chi connectivity index (χ0v) is 11.9. The Morgan fingerprint density at radius 2 is 1.95 bits per heavy atom. The Balaban J connectivity index is 2.04. The van der Waals surface area contributed by atoms with Crippen LogP contribution in [0.1, 0.15) is 0 Å². The fourth-order valence-corrected chi connectivity index (χ4v) is 3.65. The van der Waals surface area contributed by atoms with Crippen molar-refractivity contribution in [1.82, 2.24) is 4.90 Å². The van der Waals surface area contributed by atoms with Crippen LogP contribution in [0.3, 0.4) is 0 Å². The number of rotatable bonds is 4. The Morgan fingerprint density at radius 1 is 1.37 bits per heavy atom. The number of nitrogens with zero attached hydrogens (tertiary/aromatic N) is 1. The number of ether oxygens (including phenoxy) is 1. The summed E-state index contributed by atoms with van der Waals surface area (Å²) >= 11 is 5.73. The summed E-state index contributed by atoms with van der Waals surface area (Å²) < 4.78 is 29.2. The average Bonchev–Trinajstić information content (AvgIpc) is 2.27. The van der Waals surface area contributed by atoms with E-state index < -0.39 is 15.1 Å². The summed E-state index contributed by atoms with van der Waals surface area (Å²) in [6, 6.07) is 6.05. The van der Waals surface area contributed by atoms with Gasteiger partial charge in [0.15, 0.2) is 9.84 Å². The van der Waals surface area contributed by atoms with Crippen LogP contribution in [0.15, 0.2) is 29.2 Å². The van der Waals surface area contributed by atoms with Crippen molar-refractivity contribution in [3.63, 3.8) is 0 Å². The summed E-state index contributed by atoms with van der Waals surface area (Å²) in [7, 11) is -1.96. The molecule has 1 aromatic rings. The van der Waals surface area contributed by atoms with E-state index in [-0.39, 0.29) is 30.5 Å². The number of carbonyl (C=O) groups excluding carboxylic acids is 1. The quantitative estimate of drug-likeness (QED) is 0.831. The van der Waals surface area contributed by atoms with Gasteiger partial charge in [0.05, 0.1) is 4.90 Å². The Hall–Kier alpha value is -1.11. The highest BCUT2D eigenvalue weighted by Gasteiger charge is 2.40. The molecule has 1 fully saturated rings. The molecule has 0 radical (unpaired) electrons. The second kappa shape index (κ2) is 5.48. The fraction of sp³-hybridized carbons (Fsp3) is 0.417. The first kappa shape index (κ1) is 14.3. The van der Waals surface area contributed by atoms with Crippen LogP contribution in [-0.4, -0.2) is 51.3 Å². The van der Waals surface area contributed by atoms with Crippen LogP contribution in [0, 0.1) is 0 Å². The molecular weight excluding hydrogens is 290 g/mol. The van der Waals surface area contributed by atoms with Crippen LogP contribution >= 0.6 is 11.6 Å². The highest BCUT2D eigenvalue weighted by Crippen LogP contribution is 2.24. The highest BCUT2D eigenvalue weighted by atomic mass is 35.5. The molecule has 2 rings (SSSR count). The van der Waals surface area contributed by atoms with Gasteiger partial charge in [0.2, 0.25) is 5.91 Å². The molecule has 7 heteroatoms. The first-order chi connectivity index (χ1) is 8.95. The minimum Gasteiger partial charge on any atom is -0.375 e. The number of methoxy groups -OCH3 is 1. The zero-order chi connectivity index (χ0) is 14.0. The SMILES string of the molecule is COCC(=O)N1CC(S(=O)(=O)c2ccc(Cl)cc2)C1. The maximum Gasteiger partial charge on any atom is 0.248 e. The van der Waals surface area contributed by atoms with Gasteiger partial charge >= 0.3 is 0 Å². The van der Waals surface area contributed by atoms with E-state index in [1.807, 2.05) is 0 Å². The molecule has 1 heterocycles. The monoisotopic (exact) mass is 303 g/mol. The molecule has 0 saturated carbocycles. The molecule has 1 amide bonds. The first-order valence-electron chi connectivity index (χ1n) is 5.71. The van der Waals surface area contributed by atoms with Crippen molar-refractivity contribution < 1.29 is 17.9 Å². The molecule has 1 aliphatic heterocycles. The minimum absolute atomic E-state index is 0.0201. The van der Waals surface area contributed by atoms with Crippen LogP contribution in [0.25, 0.3) is 0 Å². The van der Waals surface area contributed by atoms with Crippen molar-refractivity contribution in [2.45, 2.75) is 10.1 Å². The molecule has 0 aromatic heterocycles. The number of sulfone groups is 1. The Morgan fingerprint density at radius 3 is 2.47 bits per heavy atom. The number of likely N-dealkylation sites (tertiary alicyclic amines) is 1. The lowest BCUT2D eigenvalue weighted by atomic mass is 10.2. The van der Waals surface area contributed by atoms with Gasteiger partial charge in [-0.3, -0.25) is 4.79 Å². The molecule has 0 bridgehead atoms. The Kier molecular flexibility index (Phi) is 4.13. The first-order valence-corrected chi connectivity index (χ1v) is 7.63. The lowest BCUT2D eigenvalue weighted by Crippen LogP contribution is -2.57. The predicted octanol–water partition coefficient (Wildman–Crippen LogP) is 0.971. The summed E-state index contributed by atoms with van der Waals surface area (Å²) in [5.74, 6) is -0.190. The van der Waals surface area contributed by atoms with Gasteiger partial charge in [-0.05, 0) is 24.3 Å². The van der Waals surface area contributed by atoms with Crippen molar-refractivity contribution in [1.29, 1.82) is 0 Å². The Labute approximate surface area is 117 Å². The van der Waals surface area contributed by atoms with E-state index in [2.05, 4.69) is 0 Å². The van der Waals surface area contributed by atoms with Crippen LogP contribution in [0.4, 0.5) is 0 Å². The van der Waals surface area contributed by atoms with Crippen LogP contribution in [0.5, 0.6) is 0 Å². The molecule has 1 aliphatic rings. The maximum atomic E-state index is 12.2. The van der Waals surface area contributed by atoms with Gasteiger partial charge in [-0.1, -0.05) is 11.6 Å². The molecule has 0 N–H and O–H groups in total. The zero-order valence-electron chi connectivity index (χ0n) is 10.4. The molecule has 0 aliphatic carbocycles. The lowest BCUT2D eigenvalue weighted by Gasteiger charge is -2.38. The standard InChI is InChI=1S/C12H14ClNO4S/c1-18-8-12(15)14-6-11(7-14)19(16,17)10-4-2-9(13)3-5-10/h2-5,11H,6-8H2,1H3. The van der Waals surface area contributed by atoms with Crippen molar-refractivity contribution >= 4 is 27.3 Å². The third-order valence-electron chi connectivity index (χ3n) is 3.05. The summed E-state index contributed by atoms with van der Waals surface area (Å²) in [5, 5.41) is -0.0565. The average molecular weight is 304 g/mol. The molecule has 1 saturated heterocycles. The van der Waals surface area contributed by atoms with Gasteiger partial charge in [-0.2, -0.15) is 0 Å². The summed E-state index contributed by atoms with van der Waals surface area (Å²) in [5.41, 5.74) is 0. The molecule has 19 heavy (non-hydrogen) atoms. The summed E-state index contributed by atoms with van der Waals surface area (Å²) in [6.45, 7) is 0.411. The third-order valence-corrected chi connectivity index (χ3v) is 5.41. The molecular formula is C12H14ClNO4S. The van der Waals surface area contributed by atoms with E-state index in [1.165, 1.54) is 24.1 Å². The predicted molar refractivity (Wildman–Crippen MR) is 70.9 cm³/mol. The molecule has 0 unspecified atom stereocenters. The van der Waals surface area contributed by atoms with Crippen molar-refractivity contribution in [2.75, 3.05) is 26.8 Å². The van der Waals surface area contributed by atoms with Gasteiger partial charge in [-0.15, -0.1) is 0 Å². The smallest absolute Gasteiger partial charge is 0.248 e. The van der Waals surface area contributed by atoms with Gasteiger partial charge in [0.25, 0.3) is 0 Å². The van der Waals surface area contributed by atoms with Crippen molar-refractivity contribution in [2.24, 2.45) is 0 Å². The van der Waals surface area contributed by atoms with E-state index in [0.29, 0.717) is 5.02 Å². The van der Waals surface area contributed by atoms with Gasteiger partial charge in [0.1, 0.15) is 11.9 Å². The van der Waals surface area contributed by atoms with Crippen LogP contribution < -0.4 is 0 Å². The number of amides is 1. The lowest BCUT2D eigenvalue weighted by molar-refractivity contribution is -0.138. The third kappa shape index (κ3) is 2.91. The molecule has 104 valence electrons. The largest absolute Gasteiger partial charge is 0.375 e. The second-order valence-corrected chi connectivity index (χ2v) is 7.02. The Bertz CT molecular complexity index is 564. The number of halogens is 1. The summed E-state index contributed by atoms with van der Waals surface area (Å²) in [6.07, 6.45) is 0. The summed E-state index contributed by atoms with van der Waals surface area (Å²) in [4.78, 5) is 13.2. The van der Waals surface area contributed by atoms with Gasteiger partial charge < -0.3 is 9.64 Å². The molecule has 1 aromatic carbocycles. The van der Waals surface area contributed by atoms with Crippen LogP contribution in [-0.2, 0) is 19.4 Å². The van der Waals surface area contributed by atoms with E-state index in [9.17, 15) is 13.2 Å². The molecule has 0 atom stereocenters. The normalized spacial score (nSPS) is 16.2. The van der Waals surface area contributed by atoms with E-state index in [1.54, 1.807) is 12.1 Å².